The third-order valence-corrected chi connectivity index (χ3v) is 5.24. The molecular formula is C28H17ClF2. The lowest BCUT2D eigenvalue weighted by Crippen LogP contribution is -1.88. The predicted octanol–water partition coefficient (Wildman–Crippen LogP) is 7.13. The lowest BCUT2D eigenvalue weighted by molar-refractivity contribution is 0.628. The molecule has 4 aromatic rings. The molecule has 0 aliphatic carbocycles. The summed E-state index contributed by atoms with van der Waals surface area (Å²) in [5, 5.41) is 1.24. The molecule has 31 heavy (non-hydrogen) atoms. The first-order valence-electron chi connectivity index (χ1n) is 9.84. The largest absolute Gasteiger partial charge is 0.205 e. The fourth-order valence-corrected chi connectivity index (χ4v) is 3.27. The molecule has 0 N–H and O–H groups in total. The highest BCUT2D eigenvalue weighted by Gasteiger charge is 2.06. The fraction of sp³-hybridized carbons (Fsp3) is 0.0714. The van der Waals surface area contributed by atoms with Crippen LogP contribution in [-0.4, -0.2) is 0 Å². The highest BCUT2D eigenvalue weighted by atomic mass is 35.5. The van der Waals surface area contributed by atoms with E-state index >= 15 is 0 Å². The van der Waals surface area contributed by atoms with E-state index in [4.69, 9.17) is 11.6 Å². The van der Waals surface area contributed by atoms with E-state index in [9.17, 15) is 8.78 Å². The van der Waals surface area contributed by atoms with Gasteiger partial charge in [-0.2, -0.15) is 0 Å². The standard InChI is InChI=1S/C28H17ClF2/c1-2-19-3-5-20(6-4-19)7-8-21-10-15-25-24(17-21)14-13-23(28(25)31)12-9-22-11-16-26(29)27(30)18-22/h3-6,10-11,13-18H,2H2,1H3. The minimum Gasteiger partial charge on any atom is -0.205 e. The molecule has 0 amide bonds. The highest BCUT2D eigenvalue weighted by Crippen LogP contribution is 2.22. The molecular weight excluding hydrogens is 410 g/mol. The molecule has 0 aliphatic rings. The van der Waals surface area contributed by atoms with E-state index in [2.05, 4.69) is 42.7 Å². The zero-order chi connectivity index (χ0) is 21.8. The summed E-state index contributed by atoms with van der Waals surface area (Å²) in [6.45, 7) is 2.11. The van der Waals surface area contributed by atoms with Crippen LogP contribution in [0.5, 0.6) is 0 Å². The predicted molar refractivity (Wildman–Crippen MR) is 123 cm³/mol. The Kier molecular flexibility index (Phi) is 6.03. The van der Waals surface area contributed by atoms with Crippen molar-refractivity contribution in [2.45, 2.75) is 13.3 Å². The number of benzene rings is 4. The van der Waals surface area contributed by atoms with Gasteiger partial charge in [-0.1, -0.05) is 66.5 Å². The van der Waals surface area contributed by atoms with E-state index in [0.717, 1.165) is 22.9 Å². The number of hydrogen-bond acceptors (Lipinski definition) is 0. The van der Waals surface area contributed by atoms with E-state index in [0.29, 0.717) is 10.9 Å². The molecule has 0 saturated heterocycles. The van der Waals surface area contributed by atoms with E-state index in [1.807, 2.05) is 24.3 Å². The molecule has 3 heteroatoms. The summed E-state index contributed by atoms with van der Waals surface area (Å²) in [6, 6.07) is 21.2. The van der Waals surface area contributed by atoms with Crippen LogP contribution < -0.4 is 0 Å². The number of aryl methyl sites for hydroxylation is 1. The van der Waals surface area contributed by atoms with Gasteiger partial charge in [-0.25, -0.2) is 8.78 Å². The quantitative estimate of drug-likeness (QED) is 0.284. The van der Waals surface area contributed by atoms with Gasteiger partial charge < -0.3 is 0 Å². The van der Waals surface area contributed by atoms with E-state index in [1.165, 1.54) is 17.7 Å². The summed E-state index contributed by atoms with van der Waals surface area (Å²) in [5.74, 6) is 10.9. The zero-order valence-corrected chi connectivity index (χ0v) is 17.5. The van der Waals surface area contributed by atoms with Gasteiger partial charge in [-0.3, -0.25) is 0 Å². The lowest BCUT2D eigenvalue weighted by atomic mass is 10.0. The van der Waals surface area contributed by atoms with Crippen molar-refractivity contribution >= 4 is 22.4 Å². The third kappa shape index (κ3) is 4.77. The smallest absolute Gasteiger partial charge is 0.146 e. The van der Waals surface area contributed by atoms with Crippen LogP contribution in [0.3, 0.4) is 0 Å². The van der Waals surface area contributed by atoms with Crippen molar-refractivity contribution in [3.63, 3.8) is 0 Å². The Bertz CT molecular complexity index is 1390. The molecule has 4 aromatic carbocycles. The Labute approximate surface area is 185 Å². The van der Waals surface area contributed by atoms with Crippen molar-refractivity contribution in [1.82, 2.24) is 0 Å². The topological polar surface area (TPSA) is 0 Å². The summed E-state index contributed by atoms with van der Waals surface area (Å²) in [4.78, 5) is 0. The molecule has 4 rings (SSSR count). The van der Waals surface area contributed by atoms with Gasteiger partial charge in [0, 0.05) is 22.1 Å². The summed E-state index contributed by atoms with van der Waals surface area (Å²) in [5.41, 5.74) is 3.69. The SMILES string of the molecule is CCc1ccc(C#Cc2ccc3c(F)c(C#Cc4ccc(Cl)c(F)c4)ccc3c2)cc1. The third-order valence-electron chi connectivity index (χ3n) is 4.93. The molecule has 0 aromatic heterocycles. The second-order valence-electron chi connectivity index (χ2n) is 7.04. The molecule has 0 radical (unpaired) electrons. The van der Waals surface area contributed by atoms with Crippen molar-refractivity contribution in [2.24, 2.45) is 0 Å². The van der Waals surface area contributed by atoms with Crippen molar-refractivity contribution in [3.05, 3.63) is 117 Å². The zero-order valence-electron chi connectivity index (χ0n) is 16.8. The second kappa shape index (κ2) is 9.05. The van der Waals surface area contributed by atoms with Crippen molar-refractivity contribution in [1.29, 1.82) is 0 Å². The fourth-order valence-electron chi connectivity index (χ4n) is 3.15. The van der Waals surface area contributed by atoms with Crippen LogP contribution in [-0.2, 0) is 6.42 Å². The Hall–Kier alpha value is -3.59. The first-order chi connectivity index (χ1) is 15.0. The molecule has 0 bridgehead atoms. The van der Waals surface area contributed by atoms with Crippen LogP contribution in [0, 0.1) is 35.3 Å². The van der Waals surface area contributed by atoms with Gasteiger partial charge in [-0.05, 0) is 65.9 Å². The molecule has 0 heterocycles. The Morgan fingerprint density at radius 3 is 2.10 bits per heavy atom. The summed E-state index contributed by atoms with van der Waals surface area (Å²) >= 11 is 5.68. The first-order valence-corrected chi connectivity index (χ1v) is 10.2. The van der Waals surface area contributed by atoms with E-state index in [-0.39, 0.29) is 10.6 Å². The van der Waals surface area contributed by atoms with Gasteiger partial charge in [0.15, 0.2) is 0 Å². The summed E-state index contributed by atoms with van der Waals surface area (Å²) in [7, 11) is 0. The van der Waals surface area contributed by atoms with Crippen LogP contribution in [0.1, 0.15) is 34.7 Å². The van der Waals surface area contributed by atoms with Gasteiger partial charge in [0.25, 0.3) is 0 Å². The van der Waals surface area contributed by atoms with Crippen LogP contribution >= 0.6 is 11.6 Å². The normalized spacial score (nSPS) is 10.2. The summed E-state index contributed by atoms with van der Waals surface area (Å²) in [6.07, 6.45) is 0.993. The van der Waals surface area contributed by atoms with Gasteiger partial charge in [0.05, 0.1) is 10.6 Å². The maximum atomic E-state index is 14.9. The summed E-state index contributed by atoms with van der Waals surface area (Å²) < 4.78 is 28.5. The Morgan fingerprint density at radius 2 is 1.35 bits per heavy atom. The molecule has 0 fully saturated rings. The molecule has 0 nitrogen and oxygen atoms in total. The number of halogens is 3. The van der Waals surface area contributed by atoms with Gasteiger partial charge in [-0.15, -0.1) is 0 Å². The van der Waals surface area contributed by atoms with Gasteiger partial charge in [0.2, 0.25) is 0 Å². The van der Waals surface area contributed by atoms with Crippen molar-refractivity contribution in [2.75, 3.05) is 0 Å². The van der Waals surface area contributed by atoms with E-state index in [1.54, 1.807) is 24.3 Å². The van der Waals surface area contributed by atoms with Crippen LogP contribution in [0.15, 0.2) is 72.8 Å². The average Bonchev–Trinajstić information content (AvgIpc) is 2.80. The minimum absolute atomic E-state index is 0.0271. The van der Waals surface area contributed by atoms with Crippen molar-refractivity contribution < 1.29 is 8.78 Å². The lowest BCUT2D eigenvalue weighted by Gasteiger charge is -2.03. The average molecular weight is 427 g/mol. The molecule has 0 unspecified atom stereocenters. The van der Waals surface area contributed by atoms with Gasteiger partial charge in [0.1, 0.15) is 11.6 Å². The number of fused-ring (bicyclic) bond motifs is 1. The maximum absolute atomic E-state index is 14.9. The molecule has 0 aliphatic heterocycles. The van der Waals surface area contributed by atoms with E-state index < -0.39 is 11.6 Å². The van der Waals surface area contributed by atoms with Crippen LogP contribution in [0.25, 0.3) is 10.8 Å². The highest BCUT2D eigenvalue weighted by molar-refractivity contribution is 6.30. The van der Waals surface area contributed by atoms with Crippen LogP contribution in [0.2, 0.25) is 5.02 Å². The number of hydrogen-bond donors (Lipinski definition) is 0. The second-order valence-corrected chi connectivity index (χ2v) is 7.45. The Morgan fingerprint density at radius 1 is 0.710 bits per heavy atom. The molecule has 0 saturated carbocycles. The first kappa shape index (κ1) is 20.7. The van der Waals surface area contributed by atoms with Crippen molar-refractivity contribution in [3.8, 4) is 23.7 Å². The molecule has 0 atom stereocenters. The Balaban J connectivity index is 1.62. The minimum atomic E-state index is -0.553. The molecule has 150 valence electrons. The monoisotopic (exact) mass is 426 g/mol. The molecule has 0 spiro atoms. The van der Waals surface area contributed by atoms with Gasteiger partial charge >= 0.3 is 0 Å². The van der Waals surface area contributed by atoms with Crippen LogP contribution in [0.4, 0.5) is 8.78 Å². The maximum Gasteiger partial charge on any atom is 0.146 e. The number of rotatable bonds is 1.